The number of carboxylic acid groups (broad SMARTS) is 1. The van der Waals surface area contributed by atoms with E-state index in [9.17, 15) is 14.7 Å². The highest BCUT2D eigenvalue weighted by molar-refractivity contribution is 5.79. The number of carbonyl (C=O) groups excluding carboxylic acids is 1. The van der Waals surface area contributed by atoms with Crippen molar-refractivity contribution in [3.05, 3.63) is 29.8 Å². The first-order valence-electron chi connectivity index (χ1n) is 14.2. The van der Waals surface area contributed by atoms with Gasteiger partial charge in [-0.2, -0.15) is 0 Å². The minimum atomic E-state index is -0.862. The number of likely N-dealkylation sites (tertiary alicyclic amines) is 1. The molecule has 2 heterocycles. The number of fused-ring (bicyclic) bond motifs is 1. The number of carboxylic acids is 1. The zero-order valence-electron chi connectivity index (χ0n) is 24.3. The lowest BCUT2D eigenvalue weighted by Gasteiger charge is -2.34. The summed E-state index contributed by atoms with van der Waals surface area (Å²) in [6, 6.07) is 3.40. The second-order valence-electron chi connectivity index (χ2n) is 11.3. The maximum atomic E-state index is 13.6. The van der Waals surface area contributed by atoms with E-state index < -0.39 is 11.9 Å². The molecule has 0 radical (unpaired) electrons. The smallest absolute Gasteiger partial charge is 0.308 e. The largest absolute Gasteiger partial charge is 0.493 e. The molecule has 1 aromatic carbocycles. The maximum Gasteiger partial charge on any atom is 0.308 e. The summed E-state index contributed by atoms with van der Waals surface area (Å²) in [5.41, 5.74) is 6.28. The van der Waals surface area contributed by atoms with E-state index >= 15 is 0 Å². The van der Waals surface area contributed by atoms with E-state index in [-0.39, 0.29) is 36.6 Å². The SMILES string of the molecule is C/C=C/C(C)(C)CC1C(C(=O)O)C(c2cc(OC)c3c(c2)OCO3)CN1CC(=O)N(CCCC)CCCCN. The van der Waals surface area contributed by atoms with Gasteiger partial charge in [-0.1, -0.05) is 39.3 Å². The van der Waals surface area contributed by atoms with Crippen molar-refractivity contribution >= 4 is 11.9 Å². The average molecular weight is 546 g/mol. The minimum absolute atomic E-state index is 0.0439. The molecule has 9 nitrogen and oxygen atoms in total. The Morgan fingerprint density at radius 3 is 2.62 bits per heavy atom. The summed E-state index contributed by atoms with van der Waals surface area (Å²) in [6.45, 7) is 11.0. The Balaban J connectivity index is 1.96. The summed E-state index contributed by atoms with van der Waals surface area (Å²) in [6.07, 6.45) is 8.40. The van der Waals surface area contributed by atoms with Crippen LogP contribution in [0.5, 0.6) is 17.2 Å². The van der Waals surface area contributed by atoms with Gasteiger partial charge in [0, 0.05) is 31.6 Å². The number of benzene rings is 1. The standard InChI is InChI=1S/C30H47N3O6/c1-6-8-13-32(14-10-9-12-31)26(34)19-33-18-22(21-15-24(37-5)28-25(16-21)38-20-39-28)27(29(35)36)23(33)17-30(3,4)11-7-2/h7,11,15-16,22-23,27H,6,8-10,12-14,17-20,31H2,1-5H3,(H,35,36)/b11-7+. The fourth-order valence-electron chi connectivity index (χ4n) is 5.94. The number of aliphatic carboxylic acids is 1. The summed E-state index contributed by atoms with van der Waals surface area (Å²) in [4.78, 5) is 30.5. The van der Waals surface area contributed by atoms with Gasteiger partial charge in [-0.25, -0.2) is 0 Å². The van der Waals surface area contributed by atoms with Crippen molar-refractivity contribution in [2.24, 2.45) is 17.1 Å². The molecule has 0 bridgehead atoms. The number of nitrogens with zero attached hydrogens (tertiary/aromatic N) is 2. The number of nitrogens with two attached hydrogens (primary N) is 1. The Morgan fingerprint density at radius 2 is 1.97 bits per heavy atom. The molecule has 1 fully saturated rings. The van der Waals surface area contributed by atoms with E-state index in [1.807, 2.05) is 30.0 Å². The quantitative estimate of drug-likeness (QED) is 0.248. The second-order valence-corrected chi connectivity index (χ2v) is 11.3. The van der Waals surface area contributed by atoms with Crippen LogP contribution in [0.1, 0.15) is 71.3 Å². The number of ether oxygens (including phenoxy) is 3. The molecule has 3 atom stereocenters. The van der Waals surface area contributed by atoms with Crippen LogP contribution >= 0.6 is 0 Å². The zero-order chi connectivity index (χ0) is 28.6. The van der Waals surface area contributed by atoms with Crippen molar-refractivity contribution in [2.75, 3.05) is 46.6 Å². The molecular formula is C30H47N3O6. The van der Waals surface area contributed by atoms with Gasteiger partial charge in [-0.15, -0.1) is 0 Å². The van der Waals surface area contributed by atoms with Gasteiger partial charge in [0.25, 0.3) is 0 Å². The predicted octanol–water partition coefficient (Wildman–Crippen LogP) is 4.25. The number of amides is 1. The predicted molar refractivity (Wildman–Crippen MR) is 151 cm³/mol. The molecule has 1 saturated heterocycles. The van der Waals surface area contributed by atoms with Gasteiger partial charge < -0.3 is 30.0 Å². The molecule has 2 aliphatic rings. The van der Waals surface area contributed by atoms with Gasteiger partial charge in [0.1, 0.15) is 0 Å². The highest BCUT2D eigenvalue weighted by Gasteiger charge is 2.49. The Bertz CT molecular complexity index is 1010. The molecular weight excluding hydrogens is 498 g/mol. The lowest BCUT2D eigenvalue weighted by atomic mass is 9.77. The topological polar surface area (TPSA) is 115 Å². The van der Waals surface area contributed by atoms with E-state index in [0.717, 1.165) is 31.2 Å². The van der Waals surface area contributed by atoms with Crippen molar-refractivity contribution in [3.8, 4) is 17.2 Å². The molecule has 1 aromatic rings. The first kappa shape index (κ1) is 30.8. The molecule has 2 aliphatic heterocycles. The van der Waals surface area contributed by atoms with Crippen LogP contribution in [0.4, 0.5) is 0 Å². The van der Waals surface area contributed by atoms with Crippen LogP contribution in [0.25, 0.3) is 0 Å². The van der Waals surface area contributed by atoms with E-state index in [2.05, 4.69) is 31.7 Å². The number of methoxy groups -OCH3 is 1. The van der Waals surface area contributed by atoms with Crippen LogP contribution in [-0.2, 0) is 9.59 Å². The Kier molecular flexibility index (Phi) is 11.1. The zero-order valence-corrected chi connectivity index (χ0v) is 24.3. The lowest BCUT2D eigenvalue weighted by molar-refractivity contribution is -0.144. The number of allylic oxidation sites excluding steroid dienone is 2. The monoisotopic (exact) mass is 545 g/mol. The summed E-state index contributed by atoms with van der Waals surface area (Å²) < 4.78 is 16.8. The van der Waals surface area contributed by atoms with Crippen molar-refractivity contribution in [2.45, 2.75) is 71.8 Å². The van der Waals surface area contributed by atoms with Crippen LogP contribution in [0, 0.1) is 11.3 Å². The minimum Gasteiger partial charge on any atom is -0.493 e. The fourth-order valence-corrected chi connectivity index (χ4v) is 5.94. The molecule has 3 unspecified atom stereocenters. The first-order valence-corrected chi connectivity index (χ1v) is 14.2. The van der Waals surface area contributed by atoms with Crippen LogP contribution in [0.2, 0.25) is 0 Å². The third-order valence-corrected chi connectivity index (χ3v) is 7.85. The van der Waals surface area contributed by atoms with Crippen LogP contribution < -0.4 is 19.9 Å². The molecule has 218 valence electrons. The van der Waals surface area contributed by atoms with E-state index in [1.54, 1.807) is 7.11 Å². The van der Waals surface area contributed by atoms with Gasteiger partial charge in [0.05, 0.1) is 19.6 Å². The highest BCUT2D eigenvalue weighted by Crippen LogP contribution is 2.48. The lowest BCUT2D eigenvalue weighted by Crippen LogP contribution is -2.46. The highest BCUT2D eigenvalue weighted by atomic mass is 16.7. The molecule has 39 heavy (non-hydrogen) atoms. The fraction of sp³-hybridized carbons (Fsp3) is 0.667. The number of carbonyl (C=O) groups is 2. The number of unbranched alkanes of at least 4 members (excludes halogenated alkanes) is 2. The molecule has 0 saturated carbocycles. The Morgan fingerprint density at radius 1 is 1.23 bits per heavy atom. The molecule has 3 N–H and O–H groups in total. The number of rotatable bonds is 15. The van der Waals surface area contributed by atoms with Crippen molar-refractivity contribution in [1.29, 1.82) is 0 Å². The Hall–Kier alpha value is -2.78. The van der Waals surface area contributed by atoms with Gasteiger partial charge in [-0.3, -0.25) is 14.5 Å². The Labute approximate surface area is 233 Å². The van der Waals surface area contributed by atoms with E-state index in [0.29, 0.717) is 49.8 Å². The van der Waals surface area contributed by atoms with Crippen molar-refractivity contribution in [3.63, 3.8) is 0 Å². The van der Waals surface area contributed by atoms with Crippen molar-refractivity contribution in [1.82, 2.24) is 9.80 Å². The average Bonchev–Trinajstić information content (AvgIpc) is 3.50. The summed E-state index contributed by atoms with van der Waals surface area (Å²) in [7, 11) is 1.56. The van der Waals surface area contributed by atoms with Crippen LogP contribution in [0.15, 0.2) is 24.3 Å². The van der Waals surface area contributed by atoms with Crippen LogP contribution in [-0.4, -0.2) is 79.5 Å². The van der Waals surface area contributed by atoms with E-state index in [4.69, 9.17) is 19.9 Å². The molecule has 9 heteroatoms. The molecule has 0 aromatic heterocycles. The number of hydrogen-bond acceptors (Lipinski definition) is 7. The normalized spacial score (nSPS) is 21.0. The van der Waals surface area contributed by atoms with Gasteiger partial charge in [0.15, 0.2) is 11.5 Å². The van der Waals surface area contributed by atoms with Gasteiger partial charge >= 0.3 is 5.97 Å². The molecule has 3 rings (SSSR count). The van der Waals surface area contributed by atoms with E-state index in [1.165, 1.54) is 0 Å². The molecule has 0 spiro atoms. The van der Waals surface area contributed by atoms with Crippen molar-refractivity contribution < 1.29 is 28.9 Å². The van der Waals surface area contributed by atoms with Crippen LogP contribution in [0.3, 0.4) is 0 Å². The first-order chi connectivity index (χ1) is 18.6. The summed E-state index contributed by atoms with van der Waals surface area (Å²) in [5.74, 6) is -0.247. The third kappa shape index (κ3) is 7.66. The third-order valence-electron chi connectivity index (χ3n) is 7.85. The van der Waals surface area contributed by atoms with Gasteiger partial charge in [0.2, 0.25) is 18.4 Å². The van der Waals surface area contributed by atoms with Gasteiger partial charge in [-0.05, 0) is 62.3 Å². The summed E-state index contributed by atoms with van der Waals surface area (Å²) in [5, 5.41) is 10.5. The second kappa shape index (κ2) is 14.0. The maximum absolute atomic E-state index is 13.6. The molecule has 0 aliphatic carbocycles. The number of hydrogen-bond donors (Lipinski definition) is 2. The molecule has 1 amide bonds. The summed E-state index contributed by atoms with van der Waals surface area (Å²) >= 11 is 0.